The summed E-state index contributed by atoms with van der Waals surface area (Å²) in [7, 11) is 0. The first-order chi connectivity index (χ1) is 24.1. The van der Waals surface area contributed by atoms with E-state index in [1.165, 1.54) is 18.6 Å². The molecule has 0 heterocycles. The van der Waals surface area contributed by atoms with Crippen molar-refractivity contribution in [3.8, 4) is 17.6 Å². The molecule has 298 valence electrons. The lowest BCUT2D eigenvalue weighted by Gasteiger charge is -2.42. The van der Waals surface area contributed by atoms with Crippen LogP contribution in [0.25, 0.3) is 0 Å². The van der Waals surface area contributed by atoms with Crippen LogP contribution < -0.4 is 4.74 Å². The van der Waals surface area contributed by atoms with Crippen molar-refractivity contribution in [2.45, 2.75) is 99.5 Å². The first-order valence-electron chi connectivity index (χ1n) is 15.4. The van der Waals surface area contributed by atoms with Crippen molar-refractivity contribution >= 4 is 5.97 Å². The highest BCUT2D eigenvalue weighted by Gasteiger charge is 2.95. The fourth-order valence-electron chi connectivity index (χ4n) is 4.25. The fourth-order valence-corrected chi connectivity index (χ4v) is 4.25. The SMILES string of the molecule is CCCCCCCCOc1ccc(C#Cc2ccc(C(=O)OCCC(F)(F)C(F)(F)C(F)(F)C(F)(F)C(F)(F)C(F)(F)C(F)(F)C(F)(F)F)cc2)cc1. The number of carbonyl (C=O) groups is 1. The number of hydrogen-bond acceptors (Lipinski definition) is 3. The van der Waals surface area contributed by atoms with Gasteiger partial charge in [-0.25, -0.2) is 4.79 Å². The normalized spacial score (nSPS) is 13.7. The van der Waals surface area contributed by atoms with Crippen LogP contribution in [0.4, 0.5) is 74.6 Å². The summed E-state index contributed by atoms with van der Waals surface area (Å²) in [5.74, 6) is -52.6. The summed E-state index contributed by atoms with van der Waals surface area (Å²) in [6, 6.07) is 11.0. The standard InChI is InChI=1S/C33H29F17O3/c1-2-3-4-5-6-7-19-52-24-16-12-22(13-17-24)9-8-21-10-14-23(15-11-21)25(51)53-20-18-26(34,35)27(36,37)28(38,39)29(40,41)30(42,43)31(44,45)32(46,47)33(48,49)50/h10-17H,2-7,18-20H2,1H3. The van der Waals surface area contributed by atoms with Crippen molar-refractivity contribution < 1.29 is 88.9 Å². The van der Waals surface area contributed by atoms with E-state index < -0.39 is 72.2 Å². The predicted octanol–water partition coefficient (Wildman–Crippen LogP) is 11.4. The van der Waals surface area contributed by atoms with Crippen LogP contribution in [0.3, 0.4) is 0 Å². The zero-order valence-corrected chi connectivity index (χ0v) is 27.1. The minimum atomic E-state index is -8.71. The second kappa shape index (κ2) is 16.6. The quantitative estimate of drug-likeness (QED) is 0.0652. The third-order valence-electron chi connectivity index (χ3n) is 7.53. The van der Waals surface area contributed by atoms with Gasteiger partial charge in [0.05, 0.1) is 25.2 Å². The van der Waals surface area contributed by atoms with Crippen LogP contribution >= 0.6 is 0 Å². The largest absolute Gasteiger partial charge is 0.494 e. The zero-order valence-electron chi connectivity index (χ0n) is 27.1. The zero-order chi connectivity index (χ0) is 40.7. The van der Waals surface area contributed by atoms with E-state index in [-0.39, 0.29) is 5.56 Å². The van der Waals surface area contributed by atoms with Crippen LogP contribution in [0.2, 0.25) is 0 Å². The molecule has 0 bridgehead atoms. The monoisotopic (exact) mass is 796 g/mol. The van der Waals surface area contributed by atoms with Crippen molar-refractivity contribution in [1.29, 1.82) is 0 Å². The van der Waals surface area contributed by atoms with Crippen molar-refractivity contribution in [2.75, 3.05) is 13.2 Å². The molecule has 0 unspecified atom stereocenters. The Morgan fingerprint density at radius 1 is 0.528 bits per heavy atom. The predicted molar refractivity (Wildman–Crippen MR) is 153 cm³/mol. The van der Waals surface area contributed by atoms with E-state index in [9.17, 15) is 79.4 Å². The molecular formula is C33H29F17O3. The van der Waals surface area contributed by atoms with Crippen molar-refractivity contribution in [3.63, 3.8) is 0 Å². The van der Waals surface area contributed by atoms with Gasteiger partial charge in [-0.3, -0.25) is 0 Å². The topological polar surface area (TPSA) is 35.5 Å². The van der Waals surface area contributed by atoms with Crippen LogP contribution in [0, 0.1) is 11.8 Å². The highest BCUT2D eigenvalue weighted by Crippen LogP contribution is 2.64. The van der Waals surface area contributed by atoms with E-state index >= 15 is 0 Å². The van der Waals surface area contributed by atoms with Gasteiger partial charge in [-0.05, 0) is 55.0 Å². The van der Waals surface area contributed by atoms with E-state index in [0.717, 1.165) is 44.2 Å². The second-order valence-electron chi connectivity index (χ2n) is 11.5. The molecule has 0 aliphatic heterocycles. The van der Waals surface area contributed by atoms with E-state index in [1.807, 2.05) is 0 Å². The van der Waals surface area contributed by atoms with E-state index in [1.54, 1.807) is 24.3 Å². The summed E-state index contributed by atoms with van der Waals surface area (Å²) in [6.45, 7) is 0.609. The molecule has 3 nitrogen and oxygen atoms in total. The Morgan fingerprint density at radius 2 is 0.943 bits per heavy atom. The number of hydrogen-bond donors (Lipinski definition) is 0. The molecule has 53 heavy (non-hydrogen) atoms. The van der Waals surface area contributed by atoms with Crippen molar-refractivity contribution in [3.05, 3.63) is 65.2 Å². The van der Waals surface area contributed by atoms with Crippen LogP contribution in [0.1, 0.15) is 73.4 Å². The Hall–Kier alpha value is -3.92. The number of halogens is 17. The Bertz CT molecular complexity index is 1560. The Kier molecular flexibility index (Phi) is 14.2. The molecule has 0 aromatic heterocycles. The molecule has 2 rings (SSSR count). The molecule has 0 aliphatic rings. The highest BCUT2D eigenvalue weighted by atomic mass is 19.4. The molecule has 2 aromatic rings. The third-order valence-corrected chi connectivity index (χ3v) is 7.53. The van der Waals surface area contributed by atoms with Gasteiger partial charge in [-0.1, -0.05) is 50.9 Å². The highest BCUT2D eigenvalue weighted by molar-refractivity contribution is 5.89. The molecule has 0 radical (unpaired) electrons. The summed E-state index contributed by atoms with van der Waals surface area (Å²) in [6.07, 6.45) is -4.19. The number of unbranched alkanes of at least 4 members (excludes halogenated alkanes) is 5. The summed E-state index contributed by atoms with van der Waals surface area (Å²) in [5, 5.41) is 0. The first kappa shape index (κ1) is 45.2. The lowest BCUT2D eigenvalue weighted by molar-refractivity contribution is -0.461. The maximum atomic E-state index is 14.1. The Morgan fingerprint density at radius 3 is 1.42 bits per heavy atom. The number of ether oxygens (including phenoxy) is 2. The second-order valence-corrected chi connectivity index (χ2v) is 11.5. The van der Waals surface area contributed by atoms with Gasteiger partial charge in [0.2, 0.25) is 0 Å². The average molecular weight is 797 g/mol. The molecule has 0 saturated heterocycles. The van der Waals surface area contributed by atoms with Gasteiger partial charge in [-0.2, -0.15) is 74.6 Å². The van der Waals surface area contributed by atoms with Crippen LogP contribution in [-0.4, -0.2) is 66.8 Å². The molecule has 0 atom stereocenters. The van der Waals surface area contributed by atoms with Crippen LogP contribution in [0.5, 0.6) is 5.75 Å². The third kappa shape index (κ3) is 9.42. The number of alkyl halides is 17. The first-order valence-corrected chi connectivity index (χ1v) is 15.4. The maximum absolute atomic E-state index is 14.1. The number of benzene rings is 2. The number of esters is 1. The van der Waals surface area contributed by atoms with Gasteiger partial charge in [0, 0.05) is 11.1 Å². The summed E-state index contributed by atoms with van der Waals surface area (Å²) >= 11 is 0. The van der Waals surface area contributed by atoms with Gasteiger partial charge in [0.15, 0.2) is 0 Å². The van der Waals surface area contributed by atoms with E-state index in [4.69, 9.17) is 4.74 Å². The number of rotatable bonds is 18. The van der Waals surface area contributed by atoms with Crippen molar-refractivity contribution in [1.82, 2.24) is 0 Å². The molecule has 20 heteroatoms. The minimum Gasteiger partial charge on any atom is -0.494 e. The summed E-state index contributed by atoms with van der Waals surface area (Å²) in [4.78, 5) is 12.1. The fraction of sp³-hybridized carbons (Fsp3) is 0.545. The Labute approximate surface area is 290 Å². The van der Waals surface area contributed by atoms with E-state index in [0.29, 0.717) is 17.9 Å². The Balaban J connectivity index is 2.04. The summed E-state index contributed by atoms with van der Waals surface area (Å²) in [5.41, 5.74) is 0.301. The van der Waals surface area contributed by atoms with Gasteiger partial charge in [-0.15, -0.1) is 0 Å². The summed E-state index contributed by atoms with van der Waals surface area (Å²) < 4.78 is 238. The van der Waals surface area contributed by atoms with Crippen LogP contribution in [-0.2, 0) is 4.74 Å². The number of carbonyl (C=O) groups excluding carboxylic acids is 1. The maximum Gasteiger partial charge on any atom is 0.460 e. The van der Waals surface area contributed by atoms with Gasteiger partial charge in [0.1, 0.15) is 5.75 Å². The molecule has 0 N–H and O–H groups in total. The molecule has 0 saturated carbocycles. The van der Waals surface area contributed by atoms with Gasteiger partial charge in [0.25, 0.3) is 0 Å². The average Bonchev–Trinajstić information content (AvgIpc) is 3.06. The molecule has 0 spiro atoms. The lowest BCUT2D eigenvalue weighted by Crippen LogP contribution is -2.74. The molecule has 2 aromatic carbocycles. The lowest BCUT2D eigenvalue weighted by atomic mass is 9.88. The minimum absolute atomic E-state index is 0.259. The van der Waals surface area contributed by atoms with Gasteiger partial charge < -0.3 is 9.47 Å². The van der Waals surface area contributed by atoms with E-state index in [2.05, 4.69) is 23.5 Å². The molecule has 0 amide bonds. The van der Waals surface area contributed by atoms with Crippen molar-refractivity contribution in [2.24, 2.45) is 0 Å². The van der Waals surface area contributed by atoms with Gasteiger partial charge >= 0.3 is 53.6 Å². The molecular weight excluding hydrogens is 767 g/mol. The smallest absolute Gasteiger partial charge is 0.460 e. The van der Waals surface area contributed by atoms with Crippen LogP contribution in [0.15, 0.2) is 48.5 Å². The molecule has 0 aliphatic carbocycles. The molecule has 0 fully saturated rings.